The summed E-state index contributed by atoms with van der Waals surface area (Å²) in [7, 11) is 0. The molecular formula is C19H22Cl2N4O2. The van der Waals surface area contributed by atoms with Gasteiger partial charge in [-0.1, -0.05) is 24.3 Å². The van der Waals surface area contributed by atoms with E-state index < -0.39 is 6.10 Å². The molecule has 1 aliphatic heterocycles. The number of halogens is 2. The Morgan fingerprint density at radius 2 is 2.00 bits per heavy atom. The van der Waals surface area contributed by atoms with Crippen LogP contribution >= 0.6 is 24.8 Å². The molecule has 2 atom stereocenters. The highest BCUT2D eigenvalue weighted by Gasteiger charge is 2.24. The number of aliphatic hydroxyl groups is 1. The van der Waals surface area contributed by atoms with Crippen LogP contribution in [-0.4, -0.2) is 39.7 Å². The van der Waals surface area contributed by atoms with E-state index in [1.54, 1.807) is 24.5 Å². The van der Waals surface area contributed by atoms with Crippen LogP contribution in [0.25, 0.3) is 11.0 Å². The van der Waals surface area contributed by atoms with E-state index in [9.17, 15) is 9.90 Å². The molecule has 1 aliphatic rings. The highest BCUT2D eigenvalue weighted by molar-refractivity contribution is 5.97. The fourth-order valence-electron chi connectivity index (χ4n) is 3.27. The summed E-state index contributed by atoms with van der Waals surface area (Å²) in [5, 5.41) is 16.6. The molecule has 4 rings (SSSR count). The van der Waals surface area contributed by atoms with Gasteiger partial charge in [-0.15, -0.1) is 24.8 Å². The second-order valence-corrected chi connectivity index (χ2v) is 6.37. The Morgan fingerprint density at radius 1 is 1.22 bits per heavy atom. The van der Waals surface area contributed by atoms with Crippen LogP contribution in [0.4, 0.5) is 0 Å². The number of hydrogen-bond donors (Lipinski definition) is 4. The lowest BCUT2D eigenvalue weighted by Gasteiger charge is -2.30. The summed E-state index contributed by atoms with van der Waals surface area (Å²) in [5.41, 5.74) is 4.70. The maximum Gasteiger partial charge on any atom is 0.251 e. The van der Waals surface area contributed by atoms with Crippen molar-refractivity contribution in [3.8, 4) is 0 Å². The predicted octanol–water partition coefficient (Wildman–Crippen LogP) is 2.21. The molecule has 0 radical (unpaired) electrons. The monoisotopic (exact) mass is 408 g/mol. The molecule has 8 heteroatoms. The van der Waals surface area contributed by atoms with Gasteiger partial charge in [-0.25, -0.2) is 4.98 Å². The van der Waals surface area contributed by atoms with Crippen LogP contribution in [0.1, 0.15) is 21.5 Å². The summed E-state index contributed by atoms with van der Waals surface area (Å²) < 4.78 is 0. The number of benzene rings is 2. The Bertz CT molecular complexity index is 915. The zero-order chi connectivity index (χ0) is 17.2. The first-order valence-corrected chi connectivity index (χ1v) is 8.40. The lowest BCUT2D eigenvalue weighted by molar-refractivity contribution is 0.0870. The van der Waals surface area contributed by atoms with E-state index in [-0.39, 0.29) is 43.3 Å². The van der Waals surface area contributed by atoms with Crippen LogP contribution in [0.5, 0.6) is 0 Å². The molecule has 3 aromatic rings. The number of carbonyl (C=O) groups excluding carboxylic acids is 1. The number of hydrogen-bond acceptors (Lipinski definition) is 4. The summed E-state index contributed by atoms with van der Waals surface area (Å²) in [5.74, 6) is -0.202. The number of imidazole rings is 1. The Balaban J connectivity index is 0.00000131. The average molecular weight is 409 g/mol. The maximum absolute atomic E-state index is 12.3. The molecule has 0 saturated carbocycles. The van der Waals surface area contributed by atoms with Gasteiger partial charge >= 0.3 is 0 Å². The third-order valence-electron chi connectivity index (χ3n) is 4.73. The minimum Gasteiger partial charge on any atom is -0.390 e. The number of amides is 1. The molecule has 1 amide bonds. The van der Waals surface area contributed by atoms with E-state index in [1.165, 1.54) is 11.1 Å². The lowest BCUT2D eigenvalue weighted by Crippen LogP contribution is -2.49. The SMILES string of the molecule is Cl.Cl.O=C(NCC(O)[C@@H]1Cc2ccccc2CN1)c1ccc2nc[nH]c2c1. The van der Waals surface area contributed by atoms with Gasteiger partial charge in [-0.2, -0.15) is 0 Å². The second kappa shape index (κ2) is 9.19. The van der Waals surface area contributed by atoms with Crippen molar-refractivity contribution in [3.05, 3.63) is 65.5 Å². The Hall–Kier alpha value is -2.12. The standard InChI is InChI=1S/C19H20N4O2.2ClH/c24-18(17-7-12-3-1-2-4-14(12)9-20-17)10-21-19(25)13-5-6-15-16(8-13)23-11-22-15;;/h1-6,8,11,17-18,20,24H,7,9-10H2,(H,21,25)(H,22,23);2*1H/t17-,18?;;/m0../s1. The van der Waals surface area contributed by atoms with Crippen LogP contribution in [0.3, 0.4) is 0 Å². The summed E-state index contributed by atoms with van der Waals surface area (Å²) in [6.45, 7) is 0.946. The molecule has 2 heterocycles. The van der Waals surface area contributed by atoms with Gasteiger partial charge in [0, 0.05) is 24.7 Å². The van der Waals surface area contributed by atoms with Crippen molar-refractivity contribution in [2.75, 3.05) is 6.54 Å². The number of nitrogens with zero attached hydrogens (tertiary/aromatic N) is 1. The molecule has 1 aromatic heterocycles. The van der Waals surface area contributed by atoms with Gasteiger partial charge in [0.25, 0.3) is 5.91 Å². The number of nitrogens with one attached hydrogen (secondary N) is 3. The number of aromatic nitrogens is 2. The highest BCUT2D eigenvalue weighted by Crippen LogP contribution is 2.18. The van der Waals surface area contributed by atoms with Gasteiger partial charge in [-0.3, -0.25) is 4.79 Å². The van der Waals surface area contributed by atoms with E-state index in [0.29, 0.717) is 5.56 Å². The molecule has 0 aliphatic carbocycles. The van der Waals surface area contributed by atoms with Gasteiger partial charge < -0.3 is 20.7 Å². The van der Waals surface area contributed by atoms with Gasteiger partial charge in [0.1, 0.15) is 0 Å². The van der Waals surface area contributed by atoms with E-state index in [4.69, 9.17) is 0 Å². The van der Waals surface area contributed by atoms with Crippen LogP contribution in [0.15, 0.2) is 48.8 Å². The van der Waals surface area contributed by atoms with Crippen molar-refractivity contribution in [3.63, 3.8) is 0 Å². The first-order chi connectivity index (χ1) is 12.2. The zero-order valence-corrected chi connectivity index (χ0v) is 16.1. The summed E-state index contributed by atoms with van der Waals surface area (Å²) in [6.07, 6.45) is 1.71. The molecule has 144 valence electrons. The molecule has 6 nitrogen and oxygen atoms in total. The van der Waals surface area contributed by atoms with Crippen molar-refractivity contribution in [2.45, 2.75) is 25.1 Å². The molecule has 1 unspecified atom stereocenters. The third kappa shape index (κ3) is 4.59. The Morgan fingerprint density at radius 3 is 2.81 bits per heavy atom. The Kier molecular flexibility index (Phi) is 7.21. The number of aromatic amines is 1. The van der Waals surface area contributed by atoms with E-state index >= 15 is 0 Å². The summed E-state index contributed by atoms with van der Waals surface area (Å²) in [4.78, 5) is 19.4. The molecule has 27 heavy (non-hydrogen) atoms. The number of rotatable bonds is 4. The van der Waals surface area contributed by atoms with Gasteiger partial charge in [0.15, 0.2) is 0 Å². The van der Waals surface area contributed by atoms with Crippen LogP contribution in [0.2, 0.25) is 0 Å². The minimum absolute atomic E-state index is 0. The molecule has 0 spiro atoms. The van der Waals surface area contributed by atoms with Gasteiger partial charge in [0.2, 0.25) is 0 Å². The van der Waals surface area contributed by atoms with E-state index in [0.717, 1.165) is 24.0 Å². The lowest BCUT2D eigenvalue weighted by atomic mass is 9.93. The molecule has 2 aromatic carbocycles. The smallest absolute Gasteiger partial charge is 0.251 e. The fraction of sp³-hybridized carbons (Fsp3) is 0.263. The largest absolute Gasteiger partial charge is 0.390 e. The minimum atomic E-state index is -0.645. The third-order valence-corrected chi connectivity index (χ3v) is 4.73. The second-order valence-electron chi connectivity index (χ2n) is 6.37. The Labute approximate surface area is 169 Å². The van der Waals surface area contributed by atoms with E-state index in [1.807, 2.05) is 12.1 Å². The molecule has 0 saturated heterocycles. The molecule has 4 N–H and O–H groups in total. The number of fused-ring (bicyclic) bond motifs is 2. The van der Waals surface area contributed by atoms with Crippen molar-refractivity contribution >= 4 is 41.8 Å². The summed E-state index contributed by atoms with van der Waals surface area (Å²) in [6, 6.07) is 13.5. The van der Waals surface area contributed by atoms with Crippen molar-refractivity contribution in [2.24, 2.45) is 0 Å². The first-order valence-electron chi connectivity index (χ1n) is 8.40. The topological polar surface area (TPSA) is 90.0 Å². The first kappa shape index (κ1) is 21.2. The quantitative estimate of drug-likeness (QED) is 0.532. The molecule has 0 bridgehead atoms. The summed E-state index contributed by atoms with van der Waals surface area (Å²) >= 11 is 0. The molecule has 0 fully saturated rings. The van der Waals surface area contributed by atoms with Gasteiger partial charge in [-0.05, 0) is 35.7 Å². The maximum atomic E-state index is 12.3. The van der Waals surface area contributed by atoms with Crippen LogP contribution in [-0.2, 0) is 13.0 Å². The van der Waals surface area contributed by atoms with Crippen LogP contribution in [0, 0.1) is 0 Å². The van der Waals surface area contributed by atoms with Crippen LogP contribution < -0.4 is 10.6 Å². The van der Waals surface area contributed by atoms with E-state index in [2.05, 4.69) is 32.7 Å². The normalized spacial score (nSPS) is 16.6. The molecular weight excluding hydrogens is 387 g/mol. The number of aliphatic hydroxyl groups excluding tert-OH is 1. The van der Waals surface area contributed by atoms with Crippen molar-refractivity contribution < 1.29 is 9.90 Å². The number of carbonyl (C=O) groups is 1. The highest BCUT2D eigenvalue weighted by atomic mass is 35.5. The van der Waals surface area contributed by atoms with Crippen molar-refractivity contribution in [1.82, 2.24) is 20.6 Å². The zero-order valence-electron chi connectivity index (χ0n) is 14.5. The predicted molar refractivity (Wildman–Crippen MR) is 110 cm³/mol. The average Bonchev–Trinajstić information content (AvgIpc) is 3.13. The fourth-order valence-corrected chi connectivity index (χ4v) is 3.27. The number of H-pyrrole nitrogens is 1. The van der Waals surface area contributed by atoms with Gasteiger partial charge in [0.05, 0.1) is 23.5 Å². The van der Waals surface area contributed by atoms with Crippen molar-refractivity contribution in [1.29, 1.82) is 0 Å².